The maximum absolute atomic E-state index is 10.6. The summed E-state index contributed by atoms with van der Waals surface area (Å²) in [5.74, 6) is 0.801. The molecule has 0 atom stereocenters. The van der Waals surface area contributed by atoms with Crippen LogP contribution in [-0.2, 0) is 11.4 Å². The number of nitrogens with zero attached hydrogens (tertiary/aromatic N) is 1. The van der Waals surface area contributed by atoms with Gasteiger partial charge in [-0.2, -0.15) is 0 Å². The minimum absolute atomic E-state index is 0.221. The number of rotatable bonds is 6. The average Bonchev–Trinajstić information content (AvgIpc) is 2.88. The highest BCUT2D eigenvalue weighted by Crippen LogP contribution is 2.26. The highest BCUT2D eigenvalue weighted by molar-refractivity contribution is 5.86. The molecule has 0 fully saturated rings. The van der Waals surface area contributed by atoms with Crippen LogP contribution in [0.1, 0.15) is 17.0 Å². The van der Waals surface area contributed by atoms with Crippen molar-refractivity contribution in [1.29, 1.82) is 0 Å². The molecule has 6 heteroatoms. The fraction of sp³-hybridized carbons (Fsp3) is 0.200. The second kappa shape index (κ2) is 6.60. The molecule has 0 bridgehead atoms. The van der Waals surface area contributed by atoms with Crippen LogP contribution in [0.25, 0.3) is 6.08 Å². The molecule has 0 saturated heterocycles. The van der Waals surface area contributed by atoms with Crippen LogP contribution in [0.5, 0.6) is 11.5 Å². The zero-order valence-corrected chi connectivity index (χ0v) is 11.7. The topological polar surface area (TPSA) is 81.8 Å². The molecule has 0 saturated carbocycles. The molecule has 6 nitrogen and oxygen atoms in total. The molecule has 0 aliphatic carbocycles. The Labute approximate surface area is 121 Å². The van der Waals surface area contributed by atoms with Crippen LogP contribution in [0.4, 0.5) is 0 Å². The van der Waals surface area contributed by atoms with Gasteiger partial charge in [-0.15, -0.1) is 0 Å². The molecule has 0 spiro atoms. The van der Waals surface area contributed by atoms with Crippen molar-refractivity contribution in [3.63, 3.8) is 0 Å². The van der Waals surface area contributed by atoms with E-state index in [2.05, 4.69) is 5.16 Å². The standard InChI is InChI=1S/C15H15NO5/c1-10-7-12(16-21-10)9-20-14-8-13(19-2)5-3-11(14)4-6-15(17)18/h3-8H,9H2,1-2H3,(H,17,18). The lowest BCUT2D eigenvalue weighted by molar-refractivity contribution is -0.131. The predicted octanol–water partition coefficient (Wildman–Crippen LogP) is 2.67. The number of hydrogen-bond acceptors (Lipinski definition) is 5. The minimum atomic E-state index is -1.02. The van der Waals surface area contributed by atoms with Crippen LogP contribution in [0.3, 0.4) is 0 Å². The van der Waals surface area contributed by atoms with E-state index in [1.807, 2.05) is 0 Å². The van der Waals surface area contributed by atoms with Gasteiger partial charge in [0.1, 0.15) is 29.6 Å². The lowest BCUT2D eigenvalue weighted by atomic mass is 10.1. The lowest BCUT2D eigenvalue weighted by Crippen LogP contribution is -1.98. The Morgan fingerprint density at radius 1 is 1.43 bits per heavy atom. The van der Waals surface area contributed by atoms with E-state index < -0.39 is 5.97 Å². The molecular formula is C15H15NO5. The Hall–Kier alpha value is -2.76. The molecule has 1 aromatic heterocycles. The maximum Gasteiger partial charge on any atom is 0.328 e. The number of ether oxygens (including phenoxy) is 2. The van der Waals surface area contributed by atoms with Gasteiger partial charge >= 0.3 is 5.97 Å². The fourth-order valence-electron chi connectivity index (χ4n) is 1.70. The third-order valence-electron chi connectivity index (χ3n) is 2.68. The van der Waals surface area contributed by atoms with Crippen molar-refractivity contribution in [2.75, 3.05) is 7.11 Å². The van der Waals surface area contributed by atoms with Crippen LogP contribution in [0, 0.1) is 6.92 Å². The summed E-state index contributed by atoms with van der Waals surface area (Å²) in [5, 5.41) is 12.5. The highest BCUT2D eigenvalue weighted by Gasteiger charge is 2.07. The van der Waals surface area contributed by atoms with Crippen LogP contribution in [0.15, 0.2) is 34.9 Å². The van der Waals surface area contributed by atoms with Gasteiger partial charge in [-0.25, -0.2) is 4.79 Å². The van der Waals surface area contributed by atoms with E-state index in [1.54, 1.807) is 38.3 Å². The quantitative estimate of drug-likeness (QED) is 0.823. The Morgan fingerprint density at radius 3 is 2.86 bits per heavy atom. The van der Waals surface area contributed by atoms with Crippen molar-refractivity contribution in [1.82, 2.24) is 5.16 Å². The van der Waals surface area contributed by atoms with Crippen LogP contribution in [-0.4, -0.2) is 23.3 Å². The van der Waals surface area contributed by atoms with E-state index in [-0.39, 0.29) is 6.61 Å². The Kier molecular flexibility index (Phi) is 4.61. The number of aromatic nitrogens is 1. The maximum atomic E-state index is 10.6. The molecule has 0 unspecified atom stereocenters. The van der Waals surface area contributed by atoms with E-state index in [0.717, 1.165) is 6.08 Å². The first-order valence-corrected chi connectivity index (χ1v) is 6.22. The number of aliphatic carboxylic acids is 1. The van der Waals surface area contributed by atoms with Crippen molar-refractivity contribution >= 4 is 12.0 Å². The second-order valence-electron chi connectivity index (χ2n) is 4.29. The molecule has 0 aliphatic rings. The average molecular weight is 289 g/mol. The molecule has 2 aromatic rings. The van der Waals surface area contributed by atoms with Crippen molar-refractivity contribution < 1.29 is 23.9 Å². The van der Waals surface area contributed by atoms with Crippen molar-refractivity contribution in [3.8, 4) is 11.5 Å². The van der Waals surface area contributed by atoms with E-state index in [0.29, 0.717) is 28.5 Å². The molecule has 0 amide bonds. The number of methoxy groups -OCH3 is 1. The molecule has 110 valence electrons. The number of aryl methyl sites for hydroxylation is 1. The number of benzene rings is 1. The van der Waals surface area contributed by atoms with Gasteiger partial charge in [-0.1, -0.05) is 5.16 Å². The summed E-state index contributed by atoms with van der Waals surface area (Å²) in [6.07, 6.45) is 2.51. The number of carboxylic acid groups (broad SMARTS) is 1. The van der Waals surface area contributed by atoms with E-state index in [1.165, 1.54) is 6.08 Å². The van der Waals surface area contributed by atoms with Gasteiger partial charge in [0.05, 0.1) is 7.11 Å². The van der Waals surface area contributed by atoms with Crippen LogP contribution in [0.2, 0.25) is 0 Å². The second-order valence-corrected chi connectivity index (χ2v) is 4.29. The van der Waals surface area contributed by atoms with Crippen LogP contribution < -0.4 is 9.47 Å². The first-order chi connectivity index (χ1) is 10.1. The number of hydrogen-bond donors (Lipinski definition) is 1. The van der Waals surface area contributed by atoms with E-state index >= 15 is 0 Å². The summed E-state index contributed by atoms with van der Waals surface area (Å²) >= 11 is 0. The first kappa shape index (κ1) is 14.6. The Balaban J connectivity index is 2.19. The van der Waals surface area contributed by atoms with Crippen molar-refractivity contribution in [2.24, 2.45) is 0 Å². The predicted molar refractivity (Wildman–Crippen MR) is 75.2 cm³/mol. The fourth-order valence-corrected chi connectivity index (χ4v) is 1.70. The number of carbonyl (C=O) groups is 1. The summed E-state index contributed by atoms with van der Waals surface area (Å²) in [5.41, 5.74) is 1.29. The molecule has 1 N–H and O–H groups in total. The van der Waals surface area contributed by atoms with Gasteiger partial charge in [0.25, 0.3) is 0 Å². The van der Waals surface area contributed by atoms with Crippen molar-refractivity contribution in [3.05, 3.63) is 47.4 Å². The van der Waals surface area contributed by atoms with E-state index in [4.69, 9.17) is 19.1 Å². The van der Waals surface area contributed by atoms with Gasteiger partial charge in [-0.3, -0.25) is 0 Å². The molecule has 1 heterocycles. The third-order valence-corrected chi connectivity index (χ3v) is 2.68. The van der Waals surface area contributed by atoms with Crippen LogP contribution >= 0.6 is 0 Å². The lowest BCUT2D eigenvalue weighted by Gasteiger charge is -2.09. The third kappa shape index (κ3) is 4.10. The monoisotopic (exact) mass is 289 g/mol. The molecule has 2 rings (SSSR count). The van der Waals surface area contributed by atoms with Gasteiger partial charge < -0.3 is 19.1 Å². The Bertz CT molecular complexity index is 660. The number of carboxylic acids is 1. The molecule has 0 aliphatic heterocycles. The molecule has 0 radical (unpaired) electrons. The van der Waals surface area contributed by atoms with Gasteiger partial charge in [0.2, 0.25) is 0 Å². The van der Waals surface area contributed by atoms with Gasteiger partial charge in [-0.05, 0) is 25.1 Å². The van der Waals surface area contributed by atoms with Crippen molar-refractivity contribution in [2.45, 2.75) is 13.5 Å². The SMILES string of the molecule is COc1ccc(C=CC(=O)O)c(OCc2cc(C)on2)c1. The zero-order valence-electron chi connectivity index (χ0n) is 11.7. The summed E-state index contributed by atoms with van der Waals surface area (Å²) in [6, 6.07) is 6.91. The van der Waals surface area contributed by atoms with E-state index in [9.17, 15) is 4.79 Å². The normalized spacial score (nSPS) is 10.8. The summed E-state index contributed by atoms with van der Waals surface area (Å²) < 4.78 is 15.8. The Morgan fingerprint density at radius 2 is 2.24 bits per heavy atom. The summed E-state index contributed by atoms with van der Waals surface area (Å²) in [4.78, 5) is 10.6. The molecule has 21 heavy (non-hydrogen) atoms. The van der Waals surface area contributed by atoms with Gasteiger partial charge in [0.15, 0.2) is 0 Å². The molecule has 1 aromatic carbocycles. The summed E-state index contributed by atoms with van der Waals surface area (Å²) in [6.45, 7) is 2.02. The highest BCUT2D eigenvalue weighted by atomic mass is 16.5. The minimum Gasteiger partial charge on any atom is -0.497 e. The zero-order chi connectivity index (χ0) is 15.2. The first-order valence-electron chi connectivity index (χ1n) is 6.22. The largest absolute Gasteiger partial charge is 0.497 e. The van der Waals surface area contributed by atoms with Gasteiger partial charge in [0, 0.05) is 23.8 Å². The summed E-state index contributed by atoms with van der Waals surface area (Å²) in [7, 11) is 1.55. The molecular weight excluding hydrogens is 274 g/mol. The smallest absolute Gasteiger partial charge is 0.328 e.